The molecular weight excluding hydrogens is 279 g/mol. The molecule has 1 aromatic carbocycles. The van der Waals surface area contributed by atoms with Crippen LogP contribution in [0.2, 0.25) is 10.0 Å². The summed E-state index contributed by atoms with van der Waals surface area (Å²) >= 11 is 12.3. The lowest BCUT2D eigenvalue weighted by molar-refractivity contribution is 0.0807. The van der Waals surface area contributed by atoms with Gasteiger partial charge >= 0.3 is 0 Å². The highest BCUT2D eigenvalue weighted by Crippen LogP contribution is 2.35. The summed E-state index contributed by atoms with van der Waals surface area (Å²) in [6, 6.07) is 5.88. The Kier molecular flexibility index (Phi) is 4.78. The lowest BCUT2D eigenvalue weighted by Gasteiger charge is -2.42. The summed E-state index contributed by atoms with van der Waals surface area (Å²) in [5, 5.41) is 1.38. The minimum atomic E-state index is 0.185. The van der Waals surface area contributed by atoms with Crippen molar-refractivity contribution in [3.05, 3.63) is 33.8 Å². The Hall–Kier alpha value is -0.280. The van der Waals surface area contributed by atoms with Gasteiger partial charge in [-0.25, -0.2) is 0 Å². The van der Waals surface area contributed by atoms with Gasteiger partial charge in [0.1, 0.15) is 0 Å². The molecule has 2 nitrogen and oxygen atoms in total. The van der Waals surface area contributed by atoms with Crippen molar-refractivity contribution in [1.82, 2.24) is 4.90 Å². The molecule has 1 unspecified atom stereocenters. The number of nitrogens with two attached hydrogens (primary N) is 1. The summed E-state index contributed by atoms with van der Waals surface area (Å²) in [7, 11) is 0. The Balaban J connectivity index is 2.24. The van der Waals surface area contributed by atoms with Crippen molar-refractivity contribution in [3.63, 3.8) is 0 Å². The number of nitrogens with zero attached hydrogens (tertiary/aromatic N) is 1. The summed E-state index contributed by atoms with van der Waals surface area (Å²) < 4.78 is 0. The summed E-state index contributed by atoms with van der Waals surface area (Å²) in [5.74, 6) is 0. The molecule has 2 rings (SSSR count). The third-order valence-electron chi connectivity index (χ3n) is 3.92. The maximum atomic E-state index is 6.33. The molecule has 0 radical (unpaired) electrons. The van der Waals surface area contributed by atoms with E-state index in [4.69, 9.17) is 28.9 Å². The molecule has 2 N–H and O–H groups in total. The van der Waals surface area contributed by atoms with Crippen molar-refractivity contribution in [1.29, 1.82) is 0 Å². The molecule has 0 saturated carbocycles. The van der Waals surface area contributed by atoms with Crippen molar-refractivity contribution < 1.29 is 0 Å². The normalized spacial score (nSPS) is 21.3. The molecule has 1 aliphatic rings. The Morgan fingerprint density at radius 1 is 1.37 bits per heavy atom. The SMILES string of the molecule is CC1(C)CCCN(C(CN)c2ccc(Cl)cc2Cl)C1. The van der Waals surface area contributed by atoms with E-state index in [1.807, 2.05) is 12.1 Å². The fourth-order valence-corrected chi connectivity index (χ4v) is 3.51. The lowest BCUT2D eigenvalue weighted by Crippen LogP contribution is -2.44. The first-order valence-electron chi connectivity index (χ1n) is 6.82. The third-order valence-corrected chi connectivity index (χ3v) is 4.48. The van der Waals surface area contributed by atoms with Crippen molar-refractivity contribution in [2.75, 3.05) is 19.6 Å². The summed E-state index contributed by atoms with van der Waals surface area (Å²) in [4.78, 5) is 2.46. The molecular formula is C15H22Cl2N2. The van der Waals surface area contributed by atoms with Gasteiger partial charge < -0.3 is 5.73 Å². The van der Waals surface area contributed by atoms with E-state index in [0.29, 0.717) is 22.0 Å². The molecule has 4 heteroatoms. The number of hydrogen-bond acceptors (Lipinski definition) is 2. The molecule has 1 aromatic rings. The Bertz CT molecular complexity index is 446. The van der Waals surface area contributed by atoms with Gasteiger partial charge in [-0.15, -0.1) is 0 Å². The first-order valence-corrected chi connectivity index (χ1v) is 7.57. The van der Waals surface area contributed by atoms with Crippen LogP contribution in [0.25, 0.3) is 0 Å². The van der Waals surface area contributed by atoms with Crippen molar-refractivity contribution in [3.8, 4) is 0 Å². The van der Waals surface area contributed by atoms with Gasteiger partial charge in [0.2, 0.25) is 0 Å². The van der Waals surface area contributed by atoms with Gasteiger partial charge in [0.25, 0.3) is 0 Å². The van der Waals surface area contributed by atoms with Crippen LogP contribution in [0.4, 0.5) is 0 Å². The number of hydrogen-bond donors (Lipinski definition) is 1. The zero-order chi connectivity index (χ0) is 14.0. The largest absolute Gasteiger partial charge is 0.329 e. The maximum absolute atomic E-state index is 6.33. The van der Waals surface area contributed by atoms with Crippen LogP contribution >= 0.6 is 23.2 Å². The zero-order valence-electron chi connectivity index (χ0n) is 11.6. The monoisotopic (exact) mass is 300 g/mol. The standard InChI is InChI=1S/C15H22Cl2N2/c1-15(2)6-3-7-19(10-15)14(9-18)12-5-4-11(16)8-13(12)17/h4-5,8,14H,3,6-7,9-10,18H2,1-2H3. The predicted octanol–water partition coefficient (Wildman–Crippen LogP) is 4.12. The summed E-state index contributed by atoms with van der Waals surface area (Å²) in [5.41, 5.74) is 7.44. The third kappa shape index (κ3) is 3.63. The van der Waals surface area contributed by atoms with Crippen molar-refractivity contribution in [2.24, 2.45) is 11.1 Å². The molecule has 1 aliphatic heterocycles. The van der Waals surface area contributed by atoms with E-state index in [2.05, 4.69) is 18.7 Å². The van der Waals surface area contributed by atoms with Gasteiger partial charge in [-0.05, 0) is 42.5 Å². The molecule has 0 aliphatic carbocycles. The maximum Gasteiger partial charge on any atom is 0.0485 e. The number of rotatable bonds is 3. The van der Waals surface area contributed by atoms with Crippen LogP contribution in [-0.2, 0) is 0 Å². The number of benzene rings is 1. The van der Waals surface area contributed by atoms with Gasteiger partial charge in [0.05, 0.1) is 0 Å². The quantitative estimate of drug-likeness (QED) is 0.910. The smallest absolute Gasteiger partial charge is 0.0485 e. The fourth-order valence-electron chi connectivity index (χ4n) is 2.98. The molecule has 0 amide bonds. The molecule has 19 heavy (non-hydrogen) atoms. The van der Waals surface area contributed by atoms with E-state index >= 15 is 0 Å². The highest BCUT2D eigenvalue weighted by Gasteiger charge is 2.31. The molecule has 106 valence electrons. The summed E-state index contributed by atoms with van der Waals surface area (Å²) in [6.07, 6.45) is 2.49. The topological polar surface area (TPSA) is 29.3 Å². The van der Waals surface area contributed by atoms with E-state index in [0.717, 1.165) is 18.7 Å². The fraction of sp³-hybridized carbons (Fsp3) is 0.600. The Morgan fingerprint density at radius 2 is 2.11 bits per heavy atom. The van der Waals surface area contributed by atoms with Gasteiger partial charge in [-0.2, -0.15) is 0 Å². The molecule has 0 aromatic heterocycles. The van der Waals surface area contributed by atoms with E-state index in [-0.39, 0.29) is 6.04 Å². The van der Waals surface area contributed by atoms with E-state index in [9.17, 15) is 0 Å². The predicted molar refractivity (Wildman–Crippen MR) is 82.8 cm³/mol. The molecule has 1 heterocycles. The van der Waals surface area contributed by atoms with Gasteiger partial charge in [0.15, 0.2) is 0 Å². The zero-order valence-corrected chi connectivity index (χ0v) is 13.1. The van der Waals surface area contributed by atoms with Crippen LogP contribution < -0.4 is 5.73 Å². The van der Waals surface area contributed by atoms with Crippen LogP contribution in [-0.4, -0.2) is 24.5 Å². The first kappa shape index (κ1) is 15.1. The highest BCUT2D eigenvalue weighted by molar-refractivity contribution is 6.35. The van der Waals surface area contributed by atoms with Crippen LogP contribution in [0.1, 0.15) is 38.3 Å². The van der Waals surface area contributed by atoms with Crippen LogP contribution in [0, 0.1) is 5.41 Å². The van der Waals surface area contributed by atoms with E-state index in [1.165, 1.54) is 12.8 Å². The molecule has 1 saturated heterocycles. The van der Waals surface area contributed by atoms with Gasteiger partial charge in [-0.1, -0.05) is 43.1 Å². The molecule has 0 spiro atoms. The minimum Gasteiger partial charge on any atom is -0.329 e. The molecule has 1 fully saturated rings. The van der Waals surface area contributed by atoms with Crippen molar-refractivity contribution in [2.45, 2.75) is 32.7 Å². The van der Waals surface area contributed by atoms with Crippen LogP contribution in [0.15, 0.2) is 18.2 Å². The van der Waals surface area contributed by atoms with Crippen LogP contribution in [0.3, 0.4) is 0 Å². The lowest BCUT2D eigenvalue weighted by atomic mass is 9.83. The number of halogens is 2. The average molecular weight is 301 g/mol. The van der Waals surface area contributed by atoms with Crippen LogP contribution in [0.5, 0.6) is 0 Å². The number of piperidine rings is 1. The van der Waals surface area contributed by atoms with Crippen molar-refractivity contribution >= 4 is 23.2 Å². The van der Waals surface area contributed by atoms with E-state index < -0.39 is 0 Å². The second kappa shape index (κ2) is 6.01. The molecule has 0 bridgehead atoms. The van der Waals surface area contributed by atoms with Gasteiger partial charge in [0, 0.05) is 29.2 Å². The Morgan fingerprint density at radius 3 is 2.68 bits per heavy atom. The molecule has 1 atom stereocenters. The number of likely N-dealkylation sites (tertiary alicyclic amines) is 1. The van der Waals surface area contributed by atoms with Gasteiger partial charge in [-0.3, -0.25) is 4.90 Å². The average Bonchev–Trinajstić information content (AvgIpc) is 2.31. The highest BCUT2D eigenvalue weighted by atomic mass is 35.5. The minimum absolute atomic E-state index is 0.185. The second-order valence-electron chi connectivity index (χ2n) is 6.16. The second-order valence-corrected chi connectivity index (χ2v) is 7.00. The Labute approximate surface area is 125 Å². The first-order chi connectivity index (χ1) is 8.93. The van der Waals surface area contributed by atoms with E-state index in [1.54, 1.807) is 6.07 Å². The summed E-state index contributed by atoms with van der Waals surface area (Å²) in [6.45, 7) is 7.36.